The Balaban J connectivity index is 2.27. The molecule has 0 N–H and O–H groups in total. The van der Waals surface area contributed by atoms with E-state index in [1.165, 1.54) is 4.90 Å². The standard InChI is InChI=1S/C20H24Cl2N2O2/c1-13(2)7-9-24-10-8-14(3)18(20(24)26)19(25)23(4)12-15-5-6-16(21)11-17(15)22/h5-6,8,10-11,13H,7,9,12H2,1-4H3. The summed E-state index contributed by atoms with van der Waals surface area (Å²) in [4.78, 5) is 27.2. The van der Waals surface area contributed by atoms with E-state index < -0.39 is 0 Å². The Morgan fingerprint density at radius 2 is 1.92 bits per heavy atom. The Kier molecular flexibility index (Phi) is 6.90. The van der Waals surface area contributed by atoms with Crippen molar-refractivity contribution in [2.45, 2.75) is 40.3 Å². The molecule has 1 heterocycles. The highest BCUT2D eigenvalue weighted by Gasteiger charge is 2.20. The van der Waals surface area contributed by atoms with Crippen LogP contribution in [0.2, 0.25) is 10.0 Å². The number of benzene rings is 1. The summed E-state index contributed by atoms with van der Waals surface area (Å²) < 4.78 is 1.61. The van der Waals surface area contributed by atoms with Crippen molar-refractivity contribution in [3.05, 3.63) is 67.6 Å². The molecule has 0 aliphatic heterocycles. The third kappa shape index (κ3) is 4.89. The number of aryl methyl sites for hydroxylation is 2. The minimum absolute atomic E-state index is 0.212. The van der Waals surface area contributed by atoms with Crippen LogP contribution < -0.4 is 5.56 Å². The van der Waals surface area contributed by atoms with E-state index in [-0.39, 0.29) is 17.0 Å². The van der Waals surface area contributed by atoms with Gasteiger partial charge in [0, 0.05) is 36.4 Å². The molecule has 26 heavy (non-hydrogen) atoms. The van der Waals surface area contributed by atoms with Crippen LogP contribution in [0.25, 0.3) is 0 Å². The SMILES string of the molecule is Cc1ccn(CCC(C)C)c(=O)c1C(=O)N(C)Cc1ccc(Cl)cc1Cl. The number of pyridine rings is 1. The number of nitrogens with zero attached hydrogens (tertiary/aromatic N) is 2. The van der Waals surface area contributed by atoms with Crippen molar-refractivity contribution in [2.24, 2.45) is 5.92 Å². The zero-order chi connectivity index (χ0) is 19.4. The molecule has 4 nitrogen and oxygen atoms in total. The molecule has 0 atom stereocenters. The molecule has 1 aromatic carbocycles. The second kappa shape index (κ2) is 8.74. The van der Waals surface area contributed by atoms with Crippen LogP contribution >= 0.6 is 23.2 Å². The summed E-state index contributed by atoms with van der Waals surface area (Å²) in [5.74, 6) is 0.175. The summed E-state index contributed by atoms with van der Waals surface area (Å²) in [5.41, 5.74) is 1.42. The van der Waals surface area contributed by atoms with E-state index in [9.17, 15) is 9.59 Å². The average molecular weight is 395 g/mol. The molecule has 6 heteroatoms. The highest BCUT2D eigenvalue weighted by molar-refractivity contribution is 6.35. The van der Waals surface area contributed by atoms with Gasteiger partial charge in [0.1, 0.15) is 5.56 Å². The van der Waals surface area contributed by atoms with E-state index in [4.69, 9.17) is 23.2 Å². The van der Waals surface area contributed by atoms with Crippen LogP contribution in [0.4, 0.5) is 0 Å². The number of hydrogen-bond donors (Lipinski definition) is 0. The Hall–Kier alpha value is -1.78. The summed E-state index contributed by atoms with van der Waals surface area (Å²) in [6.45, 7) is 6.90. The van der Waals surface area contributed by atoms with E-state index in [0.717, 1.165) is 12.0 Å². The van der Waals surface area contributed by atoms with E-state index in [0.29, 0.717) is 34.6 Å². The number of hydrogen-bond acceptors (Lipinski definition) is 2. The van der Waals surface area contributed by atoms with Crippen molar-refractivity contribution >= 4 is 29.1 Å². The second-order valence-electron chi connectivity index (χ2n) is 6.95. The Morgan fingerprint density at radius 1 is 1.23 bits per heavy atom. The summed E-state index contributed by atoms with van der Waals surface area (Å²) in [6.07, 6.45) is 2.64. The molecule has 0 bridgehead atoms. The normalized spacial score (nSPS) is 11.0. The lowest BCUT2D eigenvalue weighted by Gasteiger charge is -2.20. The highest BCUT2D eigenvalue weighted by Crippen LogP contribution is 2.22. The first-order valence-electron chi connectivity index (χ1n) is 8.60. The van der Waals surface area contributed by atoms with Crippen LogP contribution in [-0.2, 0) is 13.1 Å². The van der Waals surface area contributed by atoms with Crippen LogP contribution in [0.1, 0.15) is 41.8 Å². The smallest absolute Gasteiger partial charge is 0.263 e. The molecular formula is C20H24Cl2N2O2. The van der Waals surface area contributed by atoms with E-state index in [1.807, 2.05) is 6.07 Å². The molecule has 0 aliphatic rings. The molecule has 1 aromatic heterocycles. The van der Waals surface area contributed by atoms with E-state index in [2.05, 4.69) is 13.8 Å². The lowest BCUT2D eigenvalue weighted by Crippen LogP contribution is -2.35. The Morgan fingerprint density at radius 3 is 2.54 bits per heavy atom. The third-order valence-corrected chi connectivity index (χ3v) is 4.89. The summed E-state index contributed by atoms with van der Waals surface area (Å²) in [5, 5.41) is 1.04. The quantitative estimate of drug-likeness (QED) is 0.706. The maximum Gasteiger partial charge on any atom is 0.263 e. The van der Waals surface area contributed by atoms with Gasteiger partial charge in [-0.1, -0.05) is 43.1 Å². The number of halogens is 2. The first kappa shape index (κ1) is 20.5. The zero-order valence-electron chi connectivity index (χ0n) is 15.6. The van der Waals surface area contributed by atoms with Crippen LogP contribution in [0.15, 0.2) is 35.3 Å². The second-order valence-corrected chi connectivity index (χ2v) is 7.80. The number of rotatable bonds is 6. The van der Waals surface area contributed by atoms with Crippen LogP contribution in [0, 0.1) is 12.8 Å². The van der Waals surface area contributed by atoms with Crippen molar-refractivity contribution in [3.8, 4) is 0 Å². The van der Waals surface area contributed by atoms with Gasteiger partial charge in [-0.05, 0) is 48.6 Å². The Labute approximate surface area is 164 Å². The minimum Gasteiger partial charge on any atom is -0.337 e. The maximum atomic E-state index is 12.9. The first-order valence-corrected chi connectivity index (χ1v) is 9.35. The van der Waals surface area contributed by atoms with Gasteiger partial charge < -0.3 is 9.47 Å². The van der Waals surface area contributed by atoms with E-state index >= 15 is 0 Å². The van der Waals surface area contributed by atoms with Gasteiger partial charge in [-0.2, -0.15) is 0 Å². The predicted molar refractivity (Wildman–Crippen MR) is 107 cm³/mol. The lowest BCUT2D eigenvalue weighted by atomic mass is 10.1. The molecule has 0 aliphatic carbocycles. The summed E-state index contributed by atoms with van der Waals surface area (Å²) in [7, 11) is 1.66. The van der Waals surface area contributed by atoms with Crippen molar-refractivity contribution in [2.75, 3.05) is 7.05 Å². The molecule has 2 aromatic rings. The van der Waals surface area contributed by atoms with Crippen molar-refractivity contribution in [1.29, 1.82) is 0 Å². The fraction of sp³-hybridized carbons (Fsp3) is 0.400. The highest BCUT2D eigenvalue weighted by atomic mass is 35.5. The maximum absolute atomic E-state index is 12.9. The molecule has 0 spiro atoms. The van der Waals surface area contributed by atoms with Gasteiger partial charge >= 0.3 is 0 Å². The van der Waals surface area contributed by atoms with E-state index in [1.54, 1.807) is 42.9 Å². The van der Waals surface area contributed by atoms with Gasteiger partial charge in [0.2, 0.25) is 0 Å². The van der Waals surface area contributed by atoms with Crippen molar-refractivity contribution in [1.82, 2.24) is 9.47 Å². The van der Waals surface area contributed by atoms with Gasteiger partial charge in [-0.15, -0.1) is 0 Å². The zero-order valence-corrected chi connectivity index (χ0v) is 17.1. The van der Waals surface area contributed by atoms with Gasteiger partial charge in [0.15, 0.2) is 0 Å². The number of carbonyl (C=O) groups excluding carboxylic acids is 1. The van der Waals surface area contributed by atoms with Crippen LogP contribution in [0.5, 0.6) is 0 Å². The largest absolute Gasteiger partial charge is 0.337 e. The molecule has 140 valence electrons. The van der Waals surface area contributed by atoms with Crippen LogP contribution in [0.3, 0.4) is 0 Å². The van der Waals surface area contributed by atoms with Gasteiger partial charge in [0.05, 0.1) is 0 Å². The van der Waals surface area contributed by atoms with Crippen molar-refractivity contribution in [3.63, 3.8) is 0 Å². The fourth-order valence-electron chi connectivity index (χ4n) is 2.67. The predicted octanol–water partition coefficient (Wildman–Crippen LogP) is 4.78. The lowest BCUT2D eigenvalue weighted by molar-refractivity contribution is 0.0782. The van der Waals surface area contributed by atoms with Crippen LogP contribution in [-0.4, -0.2) is 22.4 Å². The number of amides is 1. The van der Waals surface area contributed by atoms with Crippen molar-refractivity contribution < 1.29 is 4.79 Å². The molecule has 0 saturated heterocycles. The molecule has 0 saturated carbocycles. The third-order valence-electron chi connectivity index (χ3n) is 4.30. The van der Waals surface area contributed by atoms with Gasteiger partial charge in [-0.3, -0.25) is 9.59 Å². The molecule has 0 radical (unpaired) electrons. The molecule has 2 rings (SSSR count). The molecule has 0 fully saturated rings. The fourth-order valence-corrected chi connectivity index (χ4v) is 3.13. The summed E-state index contributed by atoms with van der Waals surface area (Å²) in [6, 6.07) is 6.97. The van der Waals surface area contributed by atoms with Gasteiger partial charge in [0.25, 0.3) is 11.5 Å². The van der Waals surface area contributed by atoms with Gasteiger partial charge in [-0.25, -0.2) is 0 Å². The average Bonchev–Trinajstić information content (AvgIpc) is 2.56. The summed E-state index contributed by atoms with van der Waals surface area (Å²) >= 11 is 12.1. The molecular weight excluding hydrogens is 371 g/mol. The molecule has 1 amide bonds. The number of carbonyl (C=O) groups is 1. The first-order chi connectivity index (χ1) is 12.2. The Bertz CT molecular complexity index is 859. The monoisotopic (exact) mass is 394 g/mol. The number of aromatic nitrogens is 1. The molecule has 0 unspecified atom stereocenters. The minimum atomic E-state index is -0.308. The topological polar surface area (TPSA) is 42.3 Å².